The molecule has 0 spiro atoms. The molecule has 2 aromatic rings. The van der Waals surface area contributed by atoms with E-state index in [1.807, 2.05) is 0 Å². The first-order valence-electron chi connectivity index (χ1n) is 6.90. The summed E-state index contributed by atoms with van der Waals surface area (Å²) >= 11 is 0. The second kappa shape index (κ2) is 6.56. The molecule has 0 heterocycles. The van der Waals surface area contributed by atoms with Gasteiger partial charge in [0.25, 0.3) is 0 Å². The summed E-state index contributed by atoms with van der Waals surface area (Å²) in [5, 5.41) is 0. The van der Waals surface area contributed by atoms with Crippen LogP contribution in [-0.2, 0) is 5.41 Å². The molecule has 0 saturated carbocycles. The molecule has 0 fully saturated rings. The third-order valence-electron chi connectivity index (χ3n) is 3.31. The molecule has 0 aliphatic carbocycles. The van der Waals surface area contributed by atoms with Gasteiger partial charge in [0.1, 0.15) is 0 Å². The lowest BCUT2D eigenvalue weighted by molar-refractivity contribution is 0.590. The molecule has 0 amide bonds. The Morgan fingerprint density at radius 1 is 0.684 bits per heavy atom. The van der Waals surface area contributed by atoms with Crippen LogP contribution in [0, 0.1) is 20.8 Å². The van der Waals surface area contributed by atoms with Crippen molar-refractivity contribution >= 4 is 0 Å². The highest BCUT2D eigenvalue weighted by molar-refractivity contribution is 5.27. The van der Waals surface area contributed by atoms with Crippen molar-refractivity contribution in [2.45, 2.75) is 47.0 Å². The first-order chi connectivity index (χ1) is 8.80. The first-order valence-corrected chi connectivity index (χ1v) is 6.90. The molecule has 0 aliphatic heterocycles. The lowest BCUT2D eigenvalue weighted by Crippen LogP contribution is -2.10. The Morgan fingerprint density at radius 3 is 1.53 bits per heavy atom. The second-order valence-electron chi connectivity index (χ2n) is 6.20. The van der Waals surface area contributed by atoms with Crippen LogP contribution in [-0.4, -0.2) is 0 Å². The Kier molecular flexibility index (Phi) is 5.35. The molecule has 2 rings (SSSR count). The topological polar surface area (TPSA) is 0 Å². The van der Waals surface area contributed by atoms with Crippen molar-refractivity contribution in [3.8, 4) is 0 Å². The fourth-order valence-corrected chi connectivity index (χ4v) is 1.77. The van der Waals surface area contributed by atoms with Gasteiger partial charge >= 0.3 is 0 Å². The van der Waals surface area contributed by atoms with Gasteiger partial charge in [-0.05, 0) is 42.9 Å². The van der Waals surface area contributed by atoms with E-state index in [4.69, 9.17) is 0 Å². The zero-order valence-electron chi connectivity index (χ0n) is 13.1. The van der Waals surface area contributed by atoms with E-state index in [1.165, 1.54) is 22.3 Å². The Balaban J connectivity index is 0.000000200. The van der Waals surface area contributed by atoms with E-state index in [1.54, 1.807) is 0 Å². The summed E-state index contributed by atoms with van der Waals surface area (Å²) in [5.74, 6) is 0. The van der Waals surface area contributed by atoms with Gasteiger partial charge in [0.15, 0.2) is 0 Å². The Bertz CT molecular complexity index is 495. The lowest BCUT2D eigenvalue weighted by Gasteiger charge is -2.19. The molecule has 0 unspecified atom stereocenters. The van der Waals surface area contributed by atoms with Gasteiger partial charge in [-0.3, -0.25) is 0 Å². The summed E-state index contributed by atoms with van der Waals surface area (Å²) in [4.78, 5) is 0. The van der Waals surface area contributed by atoms with Crippen LogP contribution in [0.2, 0.25) is 0 Å². The van der Waals surface area contributed by atoms with Crippen LogP contribution in [0.15, 0.2) is 48.5 Å². The molecule has 0 heteroatoms. The van der Waals surface area contributed by atoms with Crippen LogP contribution in [0.25, 0.3) is 0 Å². The zero-order chi connectivity index (χ0) is 14.5. The van der Waals surface area contributed by atoms with Gasteiger partial charge < -0.3 is 0 Å². The number of hydrogen-bond acceptors (Lipinski definition) is 0. The van der Waals surface area contributed by atoms with Gasteiger partial charge in [-0.25, -0.2) is 0 Å². The van der Waals surface area contributed by atoms with Gasteiger partial charge in [-0.1, -0.05) is 74.9 Å². The monoisotopic (exact) mass is 254 g/mol. The fourth-order valence-electron chi connectivity index (χ4n) is 1.77. The number of hydrogen-bond donors (Lipinski definition) is 0. The van der Waals surface area contributed by atoms with Crippen molar-refractivity contribution in [2.75, 3.05) is 0 Å². The molecule has 0 radical (unpaired) electrons. The third kappa shape index (κ3) is 5.30. The summed E-state index contributed by atoms with van der Waals surface area (Å²) < 4.78 is 0. The maximum atomic E-state index is 2.25. The van der Waals surface area contributed by atoms with Crippen LogP contribution >= 0.6 is 0 Å². The molecule has 2 aromatic carbocycles. The molecule has 0 saturated heterocycles. The minimum Gasteiger partial charge on any atom is -0.0620 e. The predicted octanol–water partition coefficient (Wildman–Crippen LogP) is 5.60. The number of benzene rings is 2. The first kappa shape index (κ1) is 15.5. The highest BCUT2D eigenvalue weighted by Gasteiger charge is 2.12. The third-order valence-corrected chi connectivity index (χ3v) is 3.31. The van der Waals surface area contributed by atoms with Crippen LogP contribution in [0.5, 0.6) is 0 Å². The maximum absolute atomic E-state index is 2.25. The molecular formula is C19H26. The largest absolute Gasteiger partial charge is 0.0620 e. The molecule has 0 aliphatic rings. The Hall–Kier alpha value is -1.56. The molecule has 0 nitrogen and oxygen atoms in total. The molecule has 0 bridgehead atoms. The van der Waals surface area contributed by atoms with Crippen molar-refractivity contribution in [1.29, 1.82) is 0 Å². The minimum atomic E-state index is 0.284. The number of rotatable bonds is 0. The molecule has 0 N–H and O–H groups in total. The summed E-state index contributed by atoms with van der Waals surface area (Å²) in [5.41, 5.74) is 5.78. The van der Waals surface area contributed by atoms with Crippen LogP contribution in [0.1, 0.15) is 43.0 Å². The Labute approximate surface area is 118 Å². The molecule has 102 valence electrons. The predicted molar refractivity (Wildman–Crippen MR) is 85.8 cm³/mol. The Morgan fingerprint density at radius 2 is 1.21 bits per heavy atom. The van der Waals surface area contributed by atoms with Crippen LogP contribution < -0.4 is 0 Å². The van der Waals surface area contributed by atoms with Gasteiger partial charge in [0.05, 0.1) is 0 Å². The second-order valence-corrected chi connectivity index (χ2v) is 6.20. The SMILES string of the molecule is Cc1cccc(C(C)(C)C)c1.Cc1ccccc1C. The van der Waals surface area contributed by atoms with E-state index < -0.39 is 0 Å². The molecular weight excluding hydrogens is 228 g/mol. The lowest BCUT2D eigenvalue weighted by atomic mass is 9.86. The van der Waals surface area contributed by atoms with Gasteiger partial charge in [-0.2, -0.15) is 0 Å². The van der Waals surface area contributed by atoms with Gasteiger partial charge in [0.2, 0.25) is 0 Å². The van der Waals surface area contributed by atoms with E-state index >= 15 is 0 Å². The minimum absolute atomic E-state index is 0.284. The average molecular weight is 254 g/mol. The van der Waals surface area contributed by atoms with Gasteiger partial charge in [-0.15, -0.1) is 0 Å². The van der Waals surface area contributed by atoms with E-state index in [0.717, 1.165) is 0 Å². The van der Waals surface area contributed by atoms with Crippen molar-refractivity contribution in [3.63, 3.8) is 0 Å². The standard InChI is InChI=1S/C11H16.C8H10/c1-9-6-5-7-10(8-9)11(2,3)4;1-7-5-3-4-6-8(7)2/h5-8H,1-4H3;3-6H,1-2H3. The summed E-state index contributed by atoms with van der Waals surface area (Å²) in [6.45, 7) is 13.1. The molecule has 19 heavy (non-hydrogen) atoms. The maximum Gasteiger partial charge on any atom is -0.0132 e. The van der Waals surface area contributed by atoms with Crippen molar-refractivity contribution in [2.24, 2.45) is 0 Å². The van der Waals surface area contributed by atoms with E-state index in [9.17, 15) is 0 Å². The normalized spacial score (nSPS) is 10.6. The molecule has 0 atom stereocenters. The summed E-state index contributed by atoms with van der Waals surface area (Å²) in [6, 6.07) is 17.0. The zero-order valence-corrected chi connectivity index (χ0v) is 13.1. The van der Waals surface area contributed by atoms with Crippen LogP contribution in [0.3, 0.4) is 0 Å². The highest BCUT2D eigenvalue weighted by atomic mass is 14.2. The fraction of sp³-hybridized carbons (Fsp3) is 0.368. The van der Waals surface area contributed by atoms with Gasteiger partial charge in [0, 0.05) is 0 Å². The van der Waals surface area contributed by atoms with E-state index in [0.29, 0.717) is 0 Å². The van der Waals surface area contributed by atoms with Crippen molar-refractivity contribution in [1.82, 2.24) is 0 Å². The average Bonchev–Trinajstić information content (AvgIpc) is 2.33. The van der Waals surface area contributed by atoms with Crippen molar-refractivity contribution < 1.29 is 0 Å². The van der Waals surface area contributed by atoms with E-state index in [-0.39, 0.29) is 5.41 Å². The van der Waals surface area contributed by atoms with E-state index in [2.05, 4.69) is 90.1 Å². The summed E-state index contributed by atoms with van der Waals surface area (Å²) in [6.07, 6.45) is 0. The highest BCUT2D eigenvalue weighted by Crippen LogP contribution is 2.22. The quantitative estimate of drug-likeness (QED) is 0.574. The van der Waals surface area contributed by atoms with Crippen molar-refractivity contribution in [3.05, 3.63) is 70.8 Å². The smallest absolute Gasteiger partial charge is 0.0132 e. The summed E-state index contributed by atoms with van der Waals surface area (Å²) in [7, 11) is 0. The number of aryl methyl sites for hydroxylation is 3. The molecule has 0 aromatic heterocycles. The van der Waals surface area contributed by atoms with Crippen LogP contribution in [0.4, 0.5) is 0 Å².